The van der Waals surface area contributed by atoms with Gasteiger partial charge >= 0.3 is 0 Å². The molecule has 174 valence electrons. The molecule has 1 aliphatic rings. The molecule has 1 heterocycles. The van der Waals surface area contributed by atoms with Crippen molar-refractivity contribution < 1.29 is 17.9 Å². The highest BCUT2D eigenvalue weighted by atomic mass is 32.2. The molecule has 0 saturated heterocycles. The summed E-state index contributed by atoms with van der Waals surface area (Å²) in [6, 6.07) is 8.70. The summed E-state index contributed by atoms with van der Waals surface area (Å²) in [5, 5.41) is 1.77. The SMILES string of the molecule is CN(C)C1CCC=C(c2ccc(F)cc2)C1COc1cc(F)c(SNc2cscn2)cc1F. The van der Waals surface area contributed by atoms with E-state index in [0.29, 0.717) is 5.82 Å². The molecule has 0 spiro atoms. The van der Waals surface area contributed by atoms with Gasteiger partial charge in [0.15, 0.2) is 11.6 Å². The van der Waals surface area contributed by atoms with Crippen LogP contribution in [0.4, 0.5) is 19.0 Å². The van der Waals surface area contributed by atoms with Gasteiger partial charge < -0.3 is 14.4 Å². The molecule has 4 nitrogen and oxygen atoms in total. The van der Waals surface area contributed by atoms with Crippen LogP contribution in [0.25, 0.3) is 5.57 Å². The van der Waals surface area contributed by atoms with E-state index in [0.717, 1.165) is 48.1 Å². The minimum absolute atomic E-state index is 0.0814. The molecule has 1 aliphatic carbocycles. The summed E-state index contributed by atoms with van der Waals surface area (Å²) in [7, 11) is 3.99. The van der Waals surface area contributed by atoms with Gasteiger partial charge in [0.1, 0.15) is 17.5 Å². The van der Waals surface area contributed by atoms with E-state index in [9.17, 15) is 13.2 Å². The highest BCUT2D eigenvalue weighted by molar-refractivity contribution is 8.00. The van der Waals surface area contributed by atoms with Crippen LogP contribution in [0.15, 0.2) is 58.3 Å². The van der Waals surface area contributed by atoms with E-state index in [2.05, 4.69) is 20.7 Å². The Morgan fingerprint density at radius 1 is 1.15 bits per heavy atom. The third-order valence-electron chi connectivity index (χ3n) is 5.63. The third kappa shape index (κ3) is 5.72. The van der Waals surface area contributed by atoms with Crippen molar-refractivity contribution in [3.05, 3.63) is 76.4 Å². The van der Waals surface area contributed by atoms with Gasteiger partial charge in [0.2, 0.25) is 0 Å². The van der Waals surface area contributed by atoms with Gasteiger partial charge in [-0.15, -0.1) is 11.3 Å². The Bertz CT molecular complexity index is 1100. The number of rotatable bonds is 8. The van der Waals surface area contributed by atoms with Gasteiger partial charge in [0.25, 0.3) is 0 Å². The zero-order valence-corrected chi connectivity index (χ0v) is 19.9. The van der Waals surface area contributed by atoms with Crippen molar-refractivity contribution >= 4 is 34.7 Å². The lowest BCUT2D eigenvalue weighted by Gasteiger charge is -2.37. The first-order valence-electron chi connectivity index (χ1n) is 10.5. The van der Waals surface area contributed by atoms with Crippen molar-refractivity contribution in [1.29, 1.82) is 0 Å². The monoisotopic (exact) mass is 491 g/mol. The smallest absolute Gasteiger partial charge is 0.166 e. The Kier molecular flexibility index (Phi) is 7.62. The van der Waals surface area contributed by atoms with Crippen molar-refractivity contribution in [1.82, 2.24) is 9.88 Å². The standard InChI is InChI=1S/C24H24F3N3OS2/c1-30(2)21-5-3-4-17(15-6-8-16(25)9-7-15)18(21)12-31-22-10-20(27)23(11-19(22)26)33-29-24-13-32-14-28-24/h4,6-11,13-14,18,21,29H,3,5,12H2,1-2H3. The fourth-order valence-electron chi connectivity index (χ4n) is 4.01. The zero-order valence-electron chi connectivity index (χ0n) is 18.2. The van der Waals surface area contributed by atoms with Gasteiger partial charge in [-0.1, -0.05) is 18.2 Å². The second-order valence-corrected chi connectivity index (χ2v) is 9.55. The predicted octanol–water partition coefficient (Wildman–Crippen LogP) is 6.48. The molecular formula is C24H24F3N3OS2. The van der Waals surface area contributed by atoms with Crippen molar-refractivity contribution in [2.24, 2.45) is 5.92 Å². The molecule has 1 N–H and O–H groups in total. The van der Waals surface area contributed by atoms with Gasteiger partial charge in [-0.2, -0.15) is 0 Å². The summed E-state index contributed by atoms with van der Waals surface area (Å²) in [5.74, 6) is -1.15. The first-order valence-corrected chi connectivity index (χ1v) is 12.2. The van der Waals surface area contributed by atoms with E-state index in [4.69, 9.17) is 4.74 Å². The molecule has 0 amide bonds. The minimum Gasteiger partial charge on any atom is -0.490 e. The average molecular weight is 492 g/mol. The van der Waals surface area contributed by atoms with Crippen LogP contribution in [0.5, 0.6) is 5.75 Å². The second kappa shape index (κ2) is 10.6. The number of benzene rings is 2. The lowest BCUT2D eigenvalue weighted by molar-refractivity contribution is 0.164. The fourth-order valence-corrected chi connectivity index (χ4v) is 5.22. The molecule has 0 aliphatic heterocycles. The minimum atomic E-state index is -0.636. The van der Waals surface area contributed by atoms with Gasteiger partial charge in [-0.3, -0.25) is 0 Å². The Hall–Kier alpha value is -2.49. The topological polar surface area (TPSA) is 37.4 Å². The number of ether oxygens (including phenoxy) is 1. The number of nitrogens with zero attached hydrogens (tertiary/aromatic N) is 2. The van der Waals surface area contributed by atoms with Crippen LogP contribution in [-0.2, 0) is 0 Å². The van der Waals surface area contributed by atoms with Crippen molar-refractivity contribution in [2.75, 3.05) is 25.4 Å². The van der Waals surface area contributed by atoms with Crippen LogP contribution in [0.2, 0.25) is 0 Å². The molecule has 33 heavy (non-hydrogen) atoms. The highest BCUT2D eigenvalue weighted by Gasteiger charge is 2.31. The Labute approximate surface area is 199 Å². The molecule has 3 aromatic rings. The molecule has 2 aromatic carbocycles. The number of thiazole rings is 1. The number of allylic oxidation sites excluding steroid dienone is 1. The summed E-state index contributed by atoms with van der Waals surface area (Å²) in [4.78, 5) is 6.29. The largest absolute Gasteiger partial charge is 0.490 e. The Morgan fingerprint density at radius 3 is 2.64 bits per heavy atom. The third-order valence-corrected chi connectivity index (χ3v) is 7.06. The van der Waals surface area contributed by atoms with E-state index in [1.807, 2.05) is 14.1 Å². The molecule has 1 aromatic heterocycles. The quantitative estimate of drug-likeness (QED) is 0.365. The van der Waals surface area contributed by atoms with Gasteiger partial charge in [0, 0.05) is 23.4 Å². The first kappa shape index (κ1) is 23.7. The number of anilines is 1. The summed E-state index contributed by atoms with van der Waals surface area (Å²) in [6.07, 6.45) is 3.93. The molecule has 4 rings (SSSR count). The van der Waals surface area contributed by atoms with E-state index in [1.165, 1.54) is 23.5 Å². The maximum atomic E-state index is 14.8. The molecule has 2 unspecified atom stereocenters. The van der Waals surface area contributed by atoms with Crippen molar-refractivity contribution in [2.45, 2.75) is 23.8 Å². The van der Waals surface area contributed by atoms with Crippen LogP contribution in [-0.4, -0.2) is 36.6 Å². The van der Waals surface area contributed by atoms with E-state index < -0.39 is 11.6 Å². The zero-order chi connectivity index (χ0) is 23.4. The Balaban J connectivity index is 1.51. The van der Waals surface area contributed by atoms with Crippen LogP contribution < -0.4 is 9.46 Å². The molecule has 0 fully saturated rings. The molecule has 0 saturated carbocycles. The lowest BCUT2D eigenvalue weighted by Crippen LogP contribution is -2.40. The normalized spacial score (nSPS) is 18.3. The van der Waals surface area contributed by atoms with Crippen LogP contribution in [0.3, 0.4) is 0 Å². The van der Waals surface area contributed by atoms with Gasteiger partial charge in [-0.05, 0) is 68.2 Å². The van der Waals surface area contributed by atoms with Gasteiger partial charge in [0.05, 0.1) is 17.0 Å². The maximum absolute atomic E-state index is 14.8. The summed E-state index contributed by atoms with van der Waals surface area (Å²) < 4.78 is 51.5. The number of hydrogen-bond donors (Lipinski definition) is 1. The van der Waals surface area contributed by atoms with Crippen molar-refractivity contribution in [3.63, 3.8) is 0 Å². The van der Waals surface area contributed by atoms with E-state index in [-0.39, 0.29) is 35.0 Å². The molecule has 0 bridgehead atoms. The van der Waals surface area contributed by atoms with E-state index in [1.54, 1.807) is 23.0 Å². The van der Waals surface area contributed by atoms with Crippen molar-refractivity contribution in [3.8, 4) is 5.75 Å². The maximum Gasteiger partial charge on any atom is 0.166 e. The van der Waals surface area contributed by atoms with Crippen LogP contribution in [0.1, 0.15) is 18.4 Å². The van der Waals surface area contributed by atoms with E-state index >= 15 is 0 Å². The predicted molar refractivity (Wildman–Crippen MR) is 128 cm³/mol. The number of halogens is 3. The lowest BCUT2D eigenvalue weighted by atomic mass is 9.80. The molecule has 9 heteroatoms. The molecule has 2 atom stereocenters. The second-order valence-electron chi connectivity index (χ2n) is 7.98. The molecule has 0 radical (unpaired) electrons. The average Bonchev–Trinajstić information content (AvgIpc) is 3.32. The fraction of sp³-hybridized carbons (Fsp3) is 0.292. The van der Waals surface area contributed by atoms with Crippen LogP contribution in [0, 0.1) is 23.4 Å². The number of aromatic nitrogens is 1. The number of nitrogens with one attached hydrogen (secondary N) is 1. The highest BCUT2D eigenvalue weighted by Crippen LogP contribution is 2.36. The van der Waals surface area contributed by atoms with Crippen LogP contribution >= 0.6 is 23.3 Å². The first-order chi connectivity index (χ1) is 15.9. The molecular weight excluding hydrogens is 467 g/mol. The number of hydrogen-bond acceptors (Lipinski definition) is 6. The summed E-state index contributed by atoms with van der Waals surface area (Å²) >= 11 is 2.36. The summed E-state index contributed by atoms with van der Waals surface area (Å²) in [5.41, 5.74) is 3.58. The summed E-state index contributed by atoms with van der Waals surface area (Å²) in [6.45, 7) is 0.173. The Morgan fingerprint density at radius 2 is 1.94 bits per heavy atom. The van der Waals surface area contributed by atoms with Gasteiger partial charge in [-0.25, -0.2) is 18.2 Å².